The van der Waals surface area contributed by atoms with Crippen LogP contribution in [0.15, 0.2) is 79.0 Å². The van der Waals surface area contributed by atoms with E-state index in [1.54, 1.807) is 13.2 Å². The standard InChI is InChI=1S/C22H19NO2/c1-25-16-11-12-20-18(13-16)19(14-23-20)22(15-7-3-2-4-8-15)17-9-5-6-10-21(17)24/h2-14,22-24H,1H3. The van der Waals surface area contributed by atoms with Gasteiger partial charge in [0.1, 0.15) is 11.5 Å². The van der Waals surface area contributed by atoms with Crippen LogP contribution < -0.4 is 4.74 Å². The number of nitrogens with one attached hydrogen (secondary N) is 1. The summed E-state index contributed by atoms with van der Waals surface area (Å²) in [7, 11) is 1.67. The number of ether oxygens (including phenoxy) is 1. The summed E-state index contributed by atoms with van der Waals surface area (Å²) in [5, 5.41) is 11.6. The molecule has 0 radical (unpaired) electrons. The van der Waals surface area contributed by atoms with E-state index in [0.717, 1.165) is 33.3 Å². The molecule has 124 valence electrons. The molecule has 1 heterocycles. The SMILES string of the molecule is COc1ccc2[nH]cc(C(c3ccccc3)c3ccccc3O)c2c1. The second kappa shape index (κ2) is 6.36. The number of benzene rings is 3. The van der Waals surface area contributed by atoms with Crippen molar-refractivity contribution in [3.05, 3.63) is 95.7 Å². The molecule has 0 aliphatic rings. The Kier molecular flexibility index (Phi) is 3.90. The molecule has 25 heavy (non-hydrogen) atoms. The van der Waals surface area contributed by atoms with Gasteiger partial charge >= 0.3 is 0 Å². The van der Waals surface area contributed by atoms with Crippen molar-refractivity contribution in [3.8, 4) is 11.5 Å². The molecule has 0 spiro atoms. The molecular formula is C22H19NO2. The summed E-state index contributed by atoms with van der Waals surface area (Å²) in [4.78, 5) is 3.34. The fourth-order valence-corrected chi connectivity index (χ4v) is 3.39. The largest absolute Gasteiger partial charge is 0.508 e. The summed E-state index contributed by atoms with van der Waals surface area (Å²) in [5.41, 5.74) is 4.18. The molecular weight excluding hydrogens is 310 g/mol. The molecule has 0 bridgehead atoms. The maximum Gasteiger partial charge on any atom is 0.119 e. The summed E-state index contributed by atoms with van der Waals surface area (Å²) in [6.07, 6.45) is 2.02. The van der Waals surface area contributed by atoms with E-state index in [-0.39, 0.29) is 5.92 Å². The Morgan fingerprint density at radius 1 is 0.880 bits per heavy atom. The summed E-state index contributed by atoms with van der Waals surface area (Å²) < 4.78 is 5.40. The van der Waals surface area contributed by atoms with Gasteiger partial charge in [0.25, 0.3) is 0 Å². The van der Waals surface area contributed by atoms with E-state index in [4.69, 9.17) is 4.74 Å². The van der Waals surface area contributed by atoms with E-state index in [0.29, 0.717) is 5.75 Å². The van der Waals surface area contributed by atoms with Crippen molar-refractivity contribution < 1.29 is 9.84 Å². The fourth-order valence-electron chi connectivity index (χ4n) is 3.39. The molecule has 1 aromatic heterocycles. The van der Waals surface area contributed by atoms with Crippen LogP contribution in [-0.2, 0) is 0 Å². The van der Waals surface area contributed by atoms with Gasteiger partial charge in [-0.15, -0.1) is 0 Å². The van der Waals surface area contributed by atoms with Crippen molar-refractivity contribution in [2.24, 2.45) is 0 Å². The van der Waals surface area contributed by atoms with Crippen molar-refractivity contribution in [3.63, 3.8) is 0 Å². The van der Waals surface area contributed by atoms with Gasteiger partial charge < -0.3 is 14.8 Å². The van der Waals surface area contributed by atoms with E-state index in [1.807, 2.05) is 60.8 Å². The Bertz CT molecular complexity index is 1000. The number of hydrogen-bond donors (Lipinski definition) is 2. The number of aromatic nitrogens is 1. The molecule has 0 amide bonds. The van der Waals surface area contributed by atoms with Crippen LogP contribution in [-0.4, -0.2) is 17.2 Å². The van der Waals surface area contributed by atoms with Crippen molar-refractivity contribution in [1.82, 2.24) is 4.98 Å². The first-order valence-electron chi connectivity index (χ1n) is 8.26. The predicted octanol–water partition coefficient (Wildman–Crippen LogP) is 5.06. The van der Waals surface area contributed by atoms with Crippen LogP contribution in [0.3, 0.4) is 0 Å². The molecule has 0 aliphatic heterocycles. The lowest BCUT2D eigenvalue weighted by molar-refractivity contribution is 0.415. The minimum atomic E-state index is -0.0664. The zero-order chi connectivity index (χ0) is 17.2. The number of phenols is 1. The number of aromatic amines is 1. The van der Waals surface area contributed by atoms with Crippen LogP contribution in [0.1, 0.15) is 22.6 Å². The van der Waals surface area contributed by atoms with Crippen LogP contribution in [0.4, 0.5) is 0 Å². The second-order valence-electron chi connectivity index (χ2n) is 6.06. The van der Waals surface area contributed by atoms with Crippen LogP contribution in [0.2, 0.25) is 0 Å². The quantitative estimate of drug-likeness (QED) is 0.549. The van der Waals surface area contributed by atoms with Gasteiger partial charge in [-0.05, 0) is 35.4 Å². The van der Waals surface area contributed by atoms with Crippen LogP contribution in [0.5, 0.6) is 11.5 Å². The van der Waals surface area contributed by atoms with E-state index in [2.05, 4.69) is 17.1 Å². The van der Waals surface area contributed by atoms with Gasteiger partial charge in [-0.2, -0.15) is 0 Å². The molecule has 1 unspecified atom stereocenters. The van der Waals surface area contributed by atoms with Gasteiger partial charge in [-0.3, -0.25) is 0 Å². The molecule has 2 N–H and O–H groups in total. The highest BCUT2D eigenvalue weighted by Crippen LogP contribution is 2.40. The lowest BCUT2D eigenvalue weighted by Crippen LogP contribution is -2.03. The van der Waals surface area contributed by atoms with Crippen molar-refractivity contribution >= 4 is 10.9 Å². The lowest BCUT2D eigenvalue weighted by atomic mass is 9.84. The van der Waals surface area contributed by atoms with Gasteiger partial charge in [-0.25, -0.2) is 0 Å². The Morgan fingerprint density at radius 2 is 1.64 bits per heavy atom. The summed E-state index contributed by atoms with van der Waals surface area (Å²) in [6.45, 7) is 0. The maximum absolute atomic E-state index is 10.5. The topological polar surface area (TPSA) is 45.2 Å². The molecule has 0 saturated carbocycles. The predicted molar refractivity (Wildman–Crippen MR) is 100 cm³/mol. The Labute approximate surface area is 146 Å². The van der Waals surface area contributed by atoms with Gasteiger partial charge in [0.05, 0.1) is 7.11 Å². The van der Waals surface area contributed by atoms with Gasteiger partial charge in [0.15, 0.2) is 0 Å². The molecule has 3 nitrogen and oxygen atoms in total. The average molecular weight is 329 g/mol. The third kappa shape index (κ3) is 2.74. The zero-order valence-corrected chi connectivity index (χ0v) is 13.9. The first kappa shape index (κ1) is 15.3. The molecule has 0 aliphatic carbocycles. The molecule has 3 aromatic carbocycles. The lowest BCUT2D eigenvalue weighted by Gasteiger charge is -2.19. The number of phenolic OH excluding ortho intramolecular Hbond substituents is 1. The van der Waals surface area contributed by atoms with Crippen molar-refractivity contribution in [2.45, 2.75) is 5.92 Å². The fraction of sp³-hybridized carbons (Fsp3) is 0.0909. The second-order valence-corrected chi connectivity index (χ2v) is 6.06. The molecule has 0 saturated heterocycles. The van der Waals surface area contributed by atoms with Gasteiger partial charge in [0.2, 0.25) is 0 Å². The first-order chi connectivity index (χ1) is 12.3. The number of para-hydroxylation sites is 1. The molecule has 3 heteroatoms. The van der Waals surface area contributed by atoms with E-state index >= 15 is 0 Å². The number of rotatable bonds is 4. The highest BCUT2D eigenvalue weighted by molar-refractivity contribution is 5.86. The summed E-state index contributed by atoms with van der Waals surface area (Å²) in [5.74, 6) is 1.05. The molecule has 4 rings (SSSR count). The van der Waals surface area contributed by atoms with E-state index in [1.165, 1.54) is 0 Å². The molecule has 1 atom stereocenters. The molecule has 0 fully saturated rings. The average Bonchev–Trinajstić information content (AvgIpc) is 3.07. The third-order valence-corrected chi connectivity index (χ3v) is 4.61. The van der Waals surface area contributed by atoms with Gasteiger partial charge in [-0.1, -0.05) is 48.5 Å². The monoisotopic (exact) mass is 329 g/mol. The van der Waals surface area contributed by atoms with Crippen molar-refractivity contribution in [1.29, 1.82) is 0 Å². The smallest absolute Gasteiger partial charge is 0.119 e. The van der Waals surface area contributed by atoms with Crippen LogP contribution in [0, 0.1) is 0 Å². The highest BCUT2D eigenvalue weighted by atomic mass is 16.5. The van der Waals surface area contributed by atoms with E-state index < -0.39 is 0 Å². The Hall–Kier alpha value is -3.20. The number of H-pyrrole nitrogens is 1. The van der Waals surface area contributed by atoms with E-state index in [9.17, 15) is 5.11 Å². The minimum absolute atomic E-state index is 0.0664. The minimum Gasteiger partial charge on any atom is -0.508 e. The number of methoxy groups -OCH3 is 1. The van der Waals surface area contributed by atoms with Crippen LogP contribution >= 0.6 is 0 Å². The van der Waals surface area contributed by atoms with Crippen molar-refractivity contribution in [2.75, 3.05) is 7.11 Å². The van der Waals surface area contributed by atoms with Crippen LogP contribution in [0.25, 0.3) is 10.9 Å². The Morgan fingerprint density at radius 3 is 2.40 bits per heavy atom. The first-order valence-corrected chi connectivity index (χ1v) is 8.26. The normalized spacial score (nSPS) is 12.2. The maximum atomic E-state index is 10.5. The summed E-state index contributed by atoms with van der Waals surface area (Å²) >= 11 is 0. The van der Waals surface area contributed by atoms with Gasteiger partial charge in [0, 0.05) is 28.6 Å². The number of aromatic hydroxyl groups is 1. The molecule has 4 aromatic rings. The third-order valence-electron chi connectivity index (χ3n) is 4.61. The zero-order valence-electron chi connectivity index (χ0n) is 13.9. The Balaban J connectivity index is 1.97. The number of hydrogen-bond acceptors (Lipinski definition) is 2. The number of fused-ring (bicyclic) bond motifs is 1. The summed E-state index contributed by atoms with van der Waals surface area (Å²) in [6, 6.07) is 23.8. The highest BCUT2D eigenvalue weighted by Gasteiger charge is 2.22.